The minimum absolute atomic E-state index is 0.0214. The third-order valence-corrected chi connectivity index (χ3v) is 9.52. The summed E-state index contributed by atoms with van der Waals surface area (Å²) in [6.07, 6.45) is 21.9. The SMILES string of the molecule is CCCCCCCCCCCCCCCCCCCCOP(=O)(O)OC[C@H]1O[C@@H](n2cnc3c(N)ncnc32)C[C@@]1(O)C(=O)[O-]. The van der Waals surface area contributed by atoms with Crippen LogP contribution >= 0.6 is 7.82 Å². The number of carboxylic acids is 1. The van der Waals surface area contributed by atoms with Gasteiger partial charge in [0.05, 0.1) is 25.5 Å². The summed E-state index contributed by atoms with van der Waals surface area (Å²) in [6, 6.07) is 0. The van der Waals surface area contributed by atoms with Crippen LogP contribution in [0.4, 0.5) is 5.82 Å². The van der Waals surface area contributed by atoms with Crippen molar-refractivity contribution in [2.45, 2.75) is 147 Å². The predicted octanol–water partition coefficient (Wildman–Crippen LogP) is 5.35. The number of nitrogen functional groups attached to an aromatic ring is 1. The summed E-state index contributed by atoms with van der Waals surface area (Å²) in [5.74, 6) is -1.68. The van der Waals surface area contributed by atoms with Gasteiger partial charge in [0, 0.05) is 6.42 Å². The number of rotatable bonds is 25. The van der Waals surface area contributed by atoms with Crippen molar-refractivity contribution in [2.24, 2.45) is 0 Å². The Bertz CT molecular complexity index is 1200. The van der Waals surface area contributed by atoms with Gasteiger partial charge < -0.3 is 30.4 Å². The topological polar surface area (TPSA) is 195 Å². The average Bonchev–Trinajstić information content (AvgIpc) is 3.60. The summed E-state index contributed by atoms with van der Waals surface area (Å²) in [6.45, 7) is 1.57. The zero-order valence-corrected chi connectivity index (χ0v) is 27.7. The molecule has 4 N–H and O–H groups in total. The first-order valence-electron chi connectivity index (χ1n) is 16.8. The van der Waals surface area contributed by atoms with Gasteiger partial charge in [-0.05, 0) is 6.42 Å². The lowest BCUT2D eigenvalue weighted by Gasteiger charge is -2.29. The standard InChI is InChI=1S/C31H54N5O8P/c1-2-3-4-5-6-7-8-9-10-11-12-13-14-15-16-17-18-19-20-42-45(40,41)43-22-25-31(39,30(37)38)21-26(44-25)36-24-35-27-28(32)33-23-34-29(27)36/h23-26,39H,2-22H2,1H3,(H,37,38)(H,40,41)(H2,32,33,34)/p-1/t25-,26-,31+/m1/s1. The Hall–Kier alpha value is -2.15. The third kappa shape index (κ3) is 12.2. The molecule has 13 nitrogen and oxygen atoms in total. The highest BCUT2D eigenvalue weighted by Crippen LogP contribution is 2.46. The highest BCUT2D eigenvalue weighted by molar-refractivity contribution is 7.47. The molecule has 45 heavy (non-hydrogen) atoms. The van der Waals surface area contributed by atoms with E-state index >= 15 is 0 Å². The van der Waals surface area contributed by atoms with Gasteiger partial charge in [0.1, 0.15) is 29.8 Å². The normalized spacial score (nSPS) is 21.4. The van der Waals surface area contributed by atoms with Crippen LogP contribution in [0.5, 0.6) is 0 Å². The molecule has 14 heteroatoms. The highest BCUT2D eigenvalue weighted by atomic mass is 31.2. The number of ether oxygens (including phenoxy) is 1. The molecule has 3 rings (SSSR count). The van der Waals surface area contributed by atoms with Crippen LogP contribution in [0.2, 0.25) is 0 Å². The molecular weight excluding hydrogens is 601 g/mol. The maximum atomic E-state index is 12.4. The number of unbranched alkanes of at least 4 members (excludes halogenated alkanes) is 17. The minimum Gasteiger partial charge on any atom is -0.547 e. The lowest BCUT2D eigenvalue weighted by atomic mass is 9.95. The number of aliphatic carboxylic acids is 1. The summed E-state index contributed by atoms with van der Waals surface area (Å²) >= 11 is 0. The number of phosphoric ester groups is 1. The van der Waals surface area contributed by atoms with Crippen LogP contribution in [0.3, 0.4) is 0 Å². The van der Waals surface area contributed by atoms with Crippen LogP contribution < -0.4 is 10.8 Å². The molecule has 1 unspecified atom stereocenters. The first-order chi connectivity index (χ1) is 21.7. The number of carbonyl (C=O) groups is 1. The molecule has 4 atom stereocenters. The Balaban J connectivity index is 1.23. The summed E-state index contributed by atoms with van der Waals surface area (Å²) in [4.78, 5) is 34.0. The van der Waals surface area contributed by atoms with E-state index in [0.29, 0.717) is 6.42 Å². The molecule has 0 saturated carbocycles. The van der Waals surface area contributed by atoms with E-state index in [1.54, 1.807) is 0 Å². The van der Waals surface area contributed by atoms with Crippen molar-refractivity contribution in [1.82, 2.24) is 19.5 Å². The molecule has 1 aliphatic heterocycles. The molecule has 256 valence electrons. The second-order valence-electron chi connectivity index (χ2n) is 12.2. The summed E-state index contributed by atoms with van der Waals surface area (Å²) < 4.78 is 29.6. The molecule has 0 radical (unpaired) electrons. The number of anilines is 1. The summed E-state index contributed by atoms with van der Waals surface area (Å²) in [5, 5.41) is 22.6. The van der Waals surface area contributed by atoms with Crippen molar-refractivity contribution < 1.29 is 38.3 Å². The molecule has 0 aliphatic carbocycles. The largest absolute Gasteiger partial charge is 0.547 e. The first-order valence-corrected chi connectivity index (χ1v) is 18.3. The average molecular weight is 655 g/mol. The van der Waals surface area contributed by atoms with Crippen molar-refractivity contribution in [3.8, 4) is 0 Å². The Morgan fingerprint density at radius 1 is 0.956 bits per heavy atom. The van der Waals surface area contributed by atoms with Gasteiger partial charge in [-0.1, -0.05) is 116 Å². The molecule has 1 saturated heterocycles. The fraction of sp³-hybridized carbons (Fsp3) is 0.806. The van der Waals surface area contributed by atoms with Crippen LogP contribution in [-0.2, 0) is 23.1 Å². The zero-order chi connectivity index (χ0) is 32.5. The van der Waals surface area contributed by atoms with Gasteiger partial charge in [0.15, 0.2) is 11.5 Å². The monoisotopic (exact) mass is 654 g/mol. The smallest absolute Gasteiger partial charge is 0.472 e. The number of carboxylic acid groups (broad SMARTS) is 1. The Morgan fingerprint density at radius 3 is 2.02 bits per heavy atom. The van der Waals surface area contributed by atoms with Gasteiger partial charge in [-0.25, -0.2) is 19.5 Å². The second kappa shape index (κ2) is 19.5. The molecule has 0 bridgehead atoms. The number of nitrogens with zero attached hydrogens (tertiary/aromatic N) is 4. The lowest BCUT2D eigenvalue weighted by Crippen LogP contribution is -2.55. The van der Waals surface area contributed by atoms with Crippen molar-refractivity contribution in [3.63, 3.8) is 0 Å². The van der Waals surface area contributed by atoms with Gasteiger partial charge >= 0.3 is 7.82 Å². The molecule has 0 spiro atoms. The maximum Gasteiger partial charge on any atom is 0.472 e. The van der Waals surface area contributed by atoms with E-state index in [-0.39, 0.29) is 23.6 Å². The van der Waals surface area contributed by atoms with E-state index < -0.39 is 44.8 Å². The Labute approximate surface area is 266 Å². The van der Waals surface area contributed by atoms with E-state index in [0.717, 1.165) is 19.3 Å². The highest BCUT2D eigenvalue weighted by Gasteiger charge is 2.50. The van der Waals surface area contributed by atoms with Crippen molar-refractivity contribution >= 4 is 30.8 Å². The zero-order valence-electron chi connectivity index (χ0n) is 26.8. The molecular formula is C31H53N5O8P-. The number of phosphoric acid groups is 1. The van der Waals surface area contributed by atoms with E-state index in [4.69, 9.17) is 19.5 Å². The van der Waals surface area contributed by atoms with Crippen LogP contribution in [0.15, 0.2) is 12.7 Å². The number of aliphatic hydroxyl groups is 1. The number of carbonyl (C=O) groups excluding carboxylic acids is 1. The second-order valence-corrected chi connectivity index (χ2v) is 13.6. The number of fused-ring (bicyclic) bond motifs is 1. The molecule has 0 amide bonds. The number of hydrogen-bond acceptors (Lipinski definition) is 11. The third-order valence-electron chi connectivity index (χ3n) is 8.53. The van der Waals surface area contributed by atoms with Crippen molar-refractivity contribution in [1.29, 1.82) is 0 Å². The Morgan fingerprint density at radius 2 is 1.49 bits per heavy atom. The molecule has 1 aliphatic rings. The number of hydrogen-bond donors (Lipinski definition) is 3. The van der Waals surface area contributed by atoms with E-state index in [1.807, 2.05) is 0 Å². The molecule has 2 aromatic heterocycles. The van der Waals surface area contributed by atoms with E-state index in [2.05, 4.69) is 21.9 Å². The van der Waals surface area contributed by atoms with Gasteiger partial charge in [0.2, 0.25) is 0 Å². The molecule has 1 fully saturated rings. The van der Waals surface area contributed by atoms with Gasteiger partial charge in [-0.15, -0.1) is 0 Å². The summed E-state index contributed by atoms with van der Waals surface area (Å²) in [5.41, 5.74) is 3.87. The number of aromatic nitrogens is 4. The van der Waals surface area contributed by atoms with Gasteiger partial charge in [0.25, 0.3) is 0 Å². The van der Waals surface area contributed by atoms with Crippen LogP contribution in [0.1, 0.15) is 135 Å². The van der Waals surface area contributed by atoms with E-state index in [9.17, 15) is 24.5 Å². The number of imidazole rings is 1. The number of nitrogens with two attached hydrogens (primary N) is 1. The van der Waals surface area contributed by atoms with Crippen LogP contribution in [-0.4, -0.2) is 60.4 Å². The fourth-order valence-electron chi connectivity index (χ4n) is 5.77. The van der Waals surface area contributed by atoms with E-state index in [1.165, 1.54) is 107 Å². The Kier molecular flexibility index (Phi) is 16.2. The quantitative estimate of drug-likeness (QED) is 0.0918. The minimum atomic E-state index is -4.51. The van der Waals surface area contributed by atoms with Crippen LogP contribution in [0, 0.1) is 0 Å². The molecule has 2 aromatic rings. The maximum absolute atomic E-state index is 12.4. The van der Waals surface area contributed by atoms with Crippen molar-refractivity contribution in [2.75, 3.05) is 18.9 Å². The molecule has 3 heterocycles. The summed E-state index contributed by atoms with van der Waals surface area (Å²) in [7, 11) is -4.51. The molecule has 0 aromatic carbocycles. The van der Waals surface area contributed by atoms with Gasteiger partial charge in [-0.3, -0.25) is 13.6 Å². The first kappa shape index (κ1) is 37.3. The van der Waals surface area contributed by atoms with Crippen molar-refractivity contribution in [3.05, 3.63) is 12.7 Å². The lowest BCUT2D eigenvalue weighted by molar-refractivity contribution is -0.327. The van der Waals surface area contributed by atoms with Gasteiger partial charge in [-0.2, -0.15) is 0 Å². The fourth-order valence-corrected chi connectivity index (χ4v) is 6.53. The van der Waals surface area contributed by atoms with Crippen LogP contribution in [0.25, 0.3) is 11.2 Å². The predicted molar refractivity (Wildman–Crippen MR) is 169 cm³/mol.